The van der Waals surface area contributed by atoms with Crippen molar-refractivity contribution in [2.24, 2.45) is 29.4 Å². The van der Waals surface area contributed by atoms with E-state index in [4.69, 9.17) is 15.9 Å². The van der Waals surface area contributed by atoms with Crippen molar-refractivity contribution in [2.75, 3.05) is 18.2 Å². The highest BCUT2D eigenvalue weighted by Crippen LogP contribution is 2.83. The molecule has 0 aromatic carbocycles. The lowest BCUT2D eigenvalue weighted by Crippen LogP contribution is -2.33. The van der Waals surface area contributed by atoms with Gasteiger partial charge in [0.2, 0.25) is 11.8 Å². The predicted molar refractivity (Wildman–Crippen MR) is 276 cm³/mol. The summed E-state index contributed by atoms with van der Waals surface area (Å²) in [6.45, 7) is 0.849. The van der Waals surface area contributed by atoms with Crippen LogP contribution in [0, 0.1) is 23.7 Å². The molecule has 21 heteroatoms. The molecule has 2 aliphatic heterocycles. The number of carboxylic acids is 4. The zero-order chi connectivity index (χ0) is 49.3. The maximum absolute atomic E-state index is 13.1. The number of aliphatic carboxylic acids is 4. The summed E-state index contributed by atoms with van der Waals surface area (Å²) in [5.41, 5.74) is 5.44. The Morgan fingerprint density at radius 1 is 0.522 bits per heavy atom. The van der Waals surface area contributed by atoms with Crippen molar-refractivity contribution in [3.8, 4) is 0 Å². The number of hydrogen-bond donors (Lipinski definition) is 7. The zero-order valence-corrected chi connectivity index (χ0v) is 44.0. The van der Waals surface area contributed by atoms with E-state index in [-0.39, 0.29) is 81.4 Å². The lowest BCUT2D eigenvalue weighted by atomic mass is 9.78. The molecule has 3 rings (SSSR count). The van der Waals surface area contributed by atoms with Crippen molar-refractivity contribution >= 4 is 112 Å². The maximum Gasteiger partial charge on any atom is 0.320 e. The van der Waals surface area contributed by atoms with Gasteiger partial charge in [-0.15, -0.1) is 0 Å². The molecular weight excluding hydrogens is 979 g/mol. The number of carbonyl (C=O) groups is 8. The molecule has 1 spiro atoms. The molecule has 2 saturated heterocycles. The molecular formula is C46H77N3O12S6. The molecule has 8 N–H and O–H groups in total. The Balaban J connectivity index is 0.00000171. The Kier molecular flexibility index (Phi) is 33.9. The second kappa shape index (κ2) is 37.1. The topological polar surface area (TPSA) is 268 Å². The normalized spacial score (nSPS) is 18.6. The summed E-state index contributed by atoms with van der Waals surface area (Å²) >= 11 is 0. The van der Waals surface area contributed by atoms with Gasteiger partial charge in [0.1, 0.15) is 17.6 Å². The summed E-state index contributed by atoms with van der Waals surface area (Å²) in [6.07, 6.45) is 19.6. The number of unbranched alkanes of at least 4 members (excludes halogenated alkanes) is 14. The molecule has 0 aromatic heterocycles. The number of nitrogens with two attached hydrogens (primary N) is 1. The molecule has 3 aliphatic rings. The van der Waals surface area contributed by atoms with E-state index < -0.39 is 53.4 Å². The standard InChI is InChI=1S/C44H75N3O12.C2H2S6/c45-37(44(58)59)17-15-16-28-46-40(51)27-25-34(42(54)55)29-36(48)26-24-35(43(56)57)30-38(49)33-22-20-32(21-23-33)31-47-39(50)18-13-11-9-7-5-3-1-2-4-6-8-10-12-14-19-41(52)53;1-3-5-2(6-4-1)7-8-2/h32-35,37H,1-31,45H2,(H,46,51)(H,47,50)(H,52,53)(H,54,55)(H,56,57)(H,58,59);1H2/t32?,33?,34-,35-,37+;/m1./s1. The van der Waals surface area contributed by atoms with Crippen LogP contribution in [0.15, 0.2) is 0 Å². The van der Waals surface area contributed by atoms with Crippen LogP contribution in [-0.2, 0) is 38.4 Å². The average molecular weight is 1060 g/mol. The van der Waals surface area contributed by atoms with Crippen LogP contribution in [0.5, 0.6) is 0 Å². The Morgan fingerprint density at radius 3 is 1.51 bits per heavy atom. The molecule has 0 aromatic rings. The summed E-state index contributed by atoms with van der Waals surface area (Å²) in [6, 6.07) is -0.967. The molecule has 3 atom stereocenters. The molecule has 1 aliphatic carbocycles. The fraction of sp³-hybridized carbons (Fsp3) is 0.826. The van der Waals surface area contributed by atoms with Crippen molar-refractivity contribution in [3.63, 3.8) is 0 Å². The highest BCUT2D eigenvalue weighted by molar-refractivity contribution is 9.14. The molecule has 384 valence electrons. The van der Waals surface area contributed by atoms with Gasteiger partial charge >= 0.3 is 23.9 Å². The van der Waals surface area contributed by atoms with Crippen LogP contribution in [0.25, 0.3) is 0 Å². The lowest BCUT2D eigenvalue weighted by Gasteiger charge is -2.28. The third-order valence-corrected chi connectivity index (χ3v) is 25.2. The van der Waals surface area contributed by atoms with E-state index in [0.717, 1.165) is 51.4 Å². The Hall–Kier alpha value is -1.78. The number of rotatable bonds is 38. The van der Waals surface area contributed by atoms with Crippen molar-refractivity contribution in [1.82, 2.24) is 10.6 Å². The first-order valence-electron chi connectivity index (χ1n) is 24.3. The Bertz CT molecular complexity index is 1510. The van der Waals surface area contributed by atoms with Crippen molar-refractivity contribution in [1.29, 1.82) is 0 Å². The zero-order valence-electron chi connectivity index (χ0n) is 39.1. The van der Waals surface area contributed by atoms with Gasteiger partial charge in [-0.25, -0.2) is 0 Å². The molecule has 67 heavy (non-hydrogen) atoms. The van der Waals surface area contributed by atoms with Gasteiger partial charge < -0.3 is 36.8 Å². The smallest absolute Gasteiger partial charge is 0.320 e. The first-order valence-corrected chi connectivity index (χ1v) is 31.1. The molecule has 0 unspecified atom stereocenters. The molecule has 3 fully saturated rings. The van der Waals surface area contributed by atoms with Gasteiger partial charge in [-0.05, 0) is 98.1 Å². The average Bonchev–Trinajstić information content (AvgIpc) is 4.05. The van der Waals surface area contributed by atoms with Crippen LogP contribution in [0.1, 0.15) is 186 Å². The van der Waals surface area contributed by atoms with Gasteiger partial charge in [0.25, 0.3) is 0 Å². The molecule has 0 bridgehead atoms. The van der Waals surface area contributed by atoms with E-state index in [1.807, 2.05) is 64.8 Å². The van der Waals surface area contributed by atoms with E-state index in [0.29, 0.717) is 41.4 Å². The third kappa shape index (κ3) is 31.2. The molecule has 2 amide bonds. The number of ketones is 2. The van der Waals surface area contributed by atoms with Crippen LogP contribution in [0.3, 0.4) is 0 Å². The molecule has 0 radical (unpaired) electrons. The van der Waals surface area contributed by atoms with Crippen LogP contribution in [0.4, 0.5) is 0 Å². The fourth-order valence-electron chi connectivity index (χ4n) is 8.02. The van der Waals surface area contributed by atoms with Gasteiger partial charge in [0.05, 0.1) is 16.9 Å². The largest absolute Gasteiger partial charge is 0.481 e. The van der Waals surface area contributed by atoms with Crippen LogP contribution in [-0.4, -0.2) is 94.6 Å². The van der Waals surface area contributed by atoms with Crippen molar-refractivity contribution in [3.05, 3.63) is 0 Å². The van der Waals surface area contributed by atoms with E-state index in [9.17, 15) is 48.6 Å². The van der Waals surface area contributed by atoms with E-state index in [2.05, 4.69) is 10.6 Å². The first-order chi connectivity index (χ1) is 32.1. The number of nitrogens with one attached hydrogen (secondary N) is 2. The highest BCUT2D eigenvalue weighted by Gasteiger charge is 2.50. The molecule has 15 nitrogen and oxygen atoms in total. The third-order valence-electron chi connectivity index (χ3n) is 12.3. The molecule has 1 saturated carbocycles. The minimum Gasteiger partial charge on any atom is -0.481 e. The van der Waals surface area contributed by atoms with Gasteiger partial charge in [-0.2, -0.15) is 0 Å². The summed E-state index contributed by atoms with van der Waals surface area (Å²) in [7, 11) is 12.0. The number of carbonyl (C=O) groups excluding carboxylic acids is 4. The van der Waals surface area contributed by atoms with Crippen LogP contribution in [0.2, 0.25) is 0 Å². The Morgan fingerprint density at radius 2 is 1.01 bits per heavy atom. The van der Waals surface area contributed by atoms with Crippen LogP contribution < -0.4 is 16.4 Å². The minimum atomic E-state index is -1.23. The number of Topliss-reactive ketones (excluding diaryl/α,β-unsaturated/α-hetero) is 2. The predicted octanol–water partition coefficient (Wildman–Crippen LogP) is 10.5. The first kappa shape index (κ1) is 61.3. The van der Waals surface area contributed by atoms with Gasteiger partial charge in [-0.1, -0.05) is 120 Å². The van der Waals surface area contributed by atoms with E-state index in [1.54, 1.807) is 0 Å². The van der Waals surface area contributed by atoms with Gasteiger partial charge in [0, 0.05) is 57.5 Å². The van der Waals surface area contributed by atoms with E-state index in [1.165, 1.54) is 56.5 Å². The summed E-state index contributed by atoms with van der Waals surface area (Å²) in [5, 5.41) is 43.8. The SMILES string of the molecule is C1SSC2(SS1)SS2.N[C@@H](CCCCNC(=O)CC[C@H](CC(=O)CC[C@H](CC(=O)C1CCC(CNC(=O)CCCCCCCCCCCCCCCCC(=O)O)CC1)C(=O)O)C(=O)O)C(=O)O. The lowest BCUT2D eigenvalue weighted by molar-refractivity contribution is -0.146. The number of hydrogen-bond acceptors (Lipinski definition) is 15. The second-order valence-electron chi connectivity index (χ2n) is 17.9. The van der Waals surface area contributed by atoms with E-state index >= 15 is 0 Å². The molecule has 2 heterocycles. The fourth-order valence-corrected chi connectivity index (χ4v) is 21.0. The van der Waals surface area contributed by atoms with Crippen molar-refractivity contribution in [2.45, 2.75) is 195 Å². The number of amides is 2. The highest BCUT2D eigenvalue weighted by atomic mass is 33.2. The monoisotopic (exact) mass is 1060 g/mol. The maximum atomic E-state index is 13.1. The van der Waals surface area contributed by atoms with Gasteiger partial charge in [-0.3, -0.25) is 38.4 Å². The summed E-state index contributed by atoms with van der Waals surface area (Å²) < 4.78 is 0.521. The minimum absolute atomic E-state index is 0.0497. The van der Waals surface area contributed by atoms with Crippen molar-refractivity contribution < 1.29 is 58.8 Å². The summed E-state index contributed by atoms with van der Waals surface area (Å²) in [4.78, 5) is 95.3. The summed E-state index contributed by atoms with van der Waals surface area (Å²) in [5.74, 6) is -7.31. The second-order valence-corrected chi connectivity index (χ2v) is 27.4. The van der Waals surface area contributed by atoms with Crippen LogP contribution >= 0.6 is 64.8 Å². The Labute approximate surface area is 421 Å². The van der Waals surface area contributed by atoms with Gasteiger partial charge in [0.15, 0.2) is 2.74 Å². The number of carboxylic acid groups (broad SMARTS) is 4. The quantitative estimate of drug-likeness (QED) is 0.0172.